The molecule has 2 aromatic carbocycles. The first-order valence-corrected chi connectivity index (χ1v) is 11.1. The van der Waals surface area contributed by atoms with Crippen LogP contribution in [0.15, 0.2) is 40.9 Å². The number of halogens is 1. The summed E-state index contributed by atoms with van der Waals surface area (Å²) in [5.41, 5.74) is 1.18. The van der Waals surface area contributed by atoms with Gasteiger partial charge in [0.1, 0.15) is 11.5 Å². The molecule has 0 aliphatic carbocycles. The summed E-state index contributed by atoms with van der Waals surface area (Å²) in [6, 6.07) is 9.62. The minimum atomic E-state index is -3.52. The zero-order chi connectivity index (χ0) is 20.7. The van der Waals surface area contributed by atoms with Crippen LogP contribution in [0.5, 0.6) is 11.5 Å². The van der Waals surface area contributed by atoms with Crippen LogP contribution in [0, 0.1) is 0 Å². The van der Waals surface area contributed by atoms with Crippen LogP contribution in [-0.4, -0.2) is 33.9 Å². The second-order valence-corrected chi connectivity index (χ2v) is 8.33. The molecule has 0 bridgehead atoms. The number of urea groups is 1. The van der Waals surface area contributed by atoms with Crippen LogP contribution in [0.2, 0.25) is 0 Å². The number of sulfonamides is 1. The van der Waals surface area contributed by atoms with E-state index < -0.39 is 16.1 Å². The number of benzene rings is 2. The van der Waals surface area contributed by atoms with Crippen LogP contribution in [-0.2, 0) is 10.0 Å². The van der Waals surface area contributed by atoms with E-state index >= 15 is 0 Å². The lowest BCUT2D eigenvalue weighted by atomic mass is 10.2. The van der Waals surface area contributed by atoms with Crippen LogP contribution in [0.25, 0.3) is 0 Å². The Morgan fingerprint density at radius 3 is 2.04 bits per heavy atom. The Morgan fingerprint density at radius 2 is 1.50 bits per heavy atom. The lowest BCUT2D eigenvalue weighted by molar-refractivity contribution is 0.262. The smallest absolute Gasteiger partial charge is 0.323 e. The number of hydrogen-bond donors (Lipinski definition) is 3. The van der Waals surface area contributed by atoms with Gasteiger partial charge >= 0.3 is 6.03 Å². The first kappa shape index (κ1) is 21.8. The topological polar surface area (TPSA) is 106 Å². The Labute approximate surface area is 172 Å². The first-order valence-electron chi connectivity index (χ1n) is 8.46. The fraction of sp³-hybridized carbons (Fsp3) is 0.278. The maximum absolute atomic E-state index is 12.4. The molecular formula is C18H22BrN3O5S. The summed E-state index contributed by atoms with van der Waals surface area (Å²) >= 11 is 3.33. The minimum Gasteiger partial charge on any atom is -0.492 e. The molecule has 0 saturated carbocycles. The molecule has 8 nitrogen and oxygen atoms in total. The molecule has 2 aromatic rings. The number of carbonyl (C=O) groups excluding carboxylic acids is 1. The minimum absolute atomic E-state index is 0.228. The highest BCUT2D eigenvalue weighted by Gasteiger charge is 2.16. The van der Waals surface area contributed by atoms with Crippen molar-refractivity contribution in [1.82, 2.24) is 0 Å². The Balaban J connectivity index is 2.31. The van der Waals surface area contributed by atoms with Gasteiger partial charge in [0.25, 0.3) is 0 Å². The lowest BCUT2D eigenvalue weighted by Gasteiger charge is -2.18. The third-order valence-corrected chi connectivity index (χ3v) is 4.45. The molecule has 0 fully saturated rings. The SMILES string of the molecule is CCOc1cc(NS(C)(=O)=O)c(OCC)cc1NC(=O)Nc1ccc(Br)cc1. The average Bonchev–Trinajstić information content (AvgIpc) is 2.59. The molecule has 2 rings (SSSR count). The maximum Gasteiger partial charge on any atom is 0.323 e. The Morgan fingerprint density at radius 1 is 0.964 bits per heavy atom. The van der Waals surface area contributed by atoms with Crippen molar-refractivity contribution in [2.24, 2.45) is 0 Å². The van der Waals surface area contributed by atoms with E-state index in [-0.39, 0.29) is 11.4 Å². The number of nitrogens with one attached hydrogen (secondary N) is 3. The van der Waals surface area contributed by atoms with E-state index in [1.54, 1.807) is 38.1 Å². The summed E-state index contributed by atoms with van der Waals surface area (Å²) < 4.78 is 37.6. The molecule has 0 unspecified atom stereocenters. The van der Waals surface area contributed by atoms with Crippen molar-refractivity contribution >= 4 is 49.0 Å². The molecule has 3 N–H and O–H groups in total. The van der Waals surface area contributed by atoms with E-state index in [9.17, 15) is 13.2 Å². The number of carbonyl (C=O) groups is 1. The van der Waals surface area contributed by atoms with Crippen LogP contribution in [0.1, 0.15) is 13.8 Å². The highest BCUT2D eigenvalue weighted by atomic mass is 79.9. The van der Waals surface area contributed by atoms with Crippen molar-refractivity contribution in [1.29, 1.82) is 0 Å². The zero-order valence-corrected chi connectivity index (χ0v) is 18.1. The van der Waals surface area contributed by atoms with Gasteiger partial charge in [0.15, 0.2) is 0 Å². The Hall–Kier alpha value is -2.46. The van der Waals surface area contributed by atoms with Gasteiger partial charge in [-0.05, 0) is 38.1 Å². The van der Waals surface area contributed by atoms with Gasteiger partial charge in [0.05, 0.1) is 30.8 Å². The van der Waals surface area contributed by atoms with Crippen LogP contribution >= 0.6 is 15.9 Å². The third-order valence-electron chi connectivity index (χ3n) is 3.33. The van der Waals surface area contributed by atoms with Gasteiger partial charge in [-0.3, -0.25) is 4.72 Å². The van der Waals surface area contributed by atoms with Crippen molar-refractivity contribution in [2.75, 3.05) is 34.8 Å². The fourth-order valence-corrected chi connectivity index (χ4v) is 3.13. The Kier molecular flexibility index (Phi) is 7.53. The average molecular weight is 472 g/mol. The lowest BCUT2D eigenvalue weighted by Crippen LogP contribution is -2.20. The number of ether oxygens (including phenoxy) is 2. The maximum atomic E-state index is 12.4. The summed E-state index contributed by atoms with van der Waals surface area (Å²) in [7, 11) is -3.52. The van der Waals surface area contributed by atoms with Gasteiger partial charge in [-0.2, -0.15) is 0 Å². The molecule has 0 aliphatic rings. The molecule has 28 heavy (non-hydrogen) atoms. The van der Waals surface area contributed by atoms with Crippen LogP contribution in [0.4, 0.5) is 21.9 Å². The molecule has 0 aliphatic heterocycles. The van der Waals surface area contributed by atoms with Crippen molar-refractivity contribution < 1.29 is 22.7 Å². The van der Waals surface area contributed by atoms with Gasteiger partial charge in [0, 0.05) is 22.3 Å². The molecule has 0 aromatic heterocycles. The van der Waals surface area contributed by atoms with E-state index in [1.807, 2.05) is 0 Å². The van der Waals surface area contributed by atoms with Crippen LogP contribution in [0.3, 0.4) is 0 Å². The predicted molar refractivity (Wildman–Crippen MR) is 114 cm³/mol. The molecule has 0 heterocycles. The van der Waals surface area contributed by atoms with Crippen molar-refractivity contribution in [3.05, 3.63) is 40.9 Å². The van der Waals surface area contributed by atoms with Crippen molar-refractivity contribution in [2.45, 2.75) is 13.8 Å². The summed E-state index contributed by atoms with van der Waals surface area (Å²) in [5.74, 6) is 0.582. The number of anilines is 3. The van der Waals surface area contributed by atoms with Crippen molar-refractivity contribution in [3.63, 3.8) is 0 Å². The highest BCUT2D eigenvalue weighted by molar-refractivity contribution is 9.10. The Bertz CT molecular complexity index is 933. The molecule has 0 atom stereocenters. The summed E-state index contributed by atoms with van der Waals surface area (Å²) in [6.45, 7) is 4.20. The third kappa shape index (κ3) is 6.61. The van der Waals surface area contributed by atoms with E-state index in [1.165, 1.54) is 12.1 Å². The first-order chi connectivity index (χ1) is 13.2. The summed E-state index contributed by atoms with van der Waals surface area (Å²) in [6.07, 6.45) is 1.04. The second kappa shape index (κ2) is 9.65. The van der Waals surface area contributed by atoms with E-state index in [2.05, 4.69) is 31.3 Å². The molecular weight excluding hydrogens is 450 g/mol. The molecule has 2 amide bonds. The van der Waals surface area contributed by atoms with Gasteiger partial charge in [-0.25, -0.2) is 13.2 Å². The monoisotopic (exact) mass is 471 g/mol. The van der Waals surface area contributed by atoms with Crippen LogP contribution < -0.4 is 24.8 Å². The quantitative estimate of drug-likeness (QED) is 0.533. The van der Waals surface area contributed by atoms with Gasteiger partial charge in [-0.1, -0.05) is 15.9 Å². The van der Waals surface area contributed by atoms with E-state index in [4.69, 9.17) is 9.47 Å². The number of rotatable bonds is 8. The van der Waals surface area contributed by atoms with Gasteiger partial charge < -0.3 is 20.1 Å². The number of hydrogen-bond acceptors (Lipinski definition) is 5. The zero-order valence-electron chi connectivity index (χ0n) is 15.7. The van der Waals surface area contributed by atoms with E-state index in [0.29, 0.717) is 30.3 Å². The molecule has 0 saturated heterocycles. The summed E-state index contributed by atoms with van der Waals surface area (Å²) in [5, 5.41) is 5.42. The van der Waals surface area contributed by atoms with Crippen molar-refractivity contribution in [3.8, 4) is 11.5 Å². The predicted octanol–water partition coefficient (Wildman–Crippen LogP) is 4.26. The second-order valence-electron chi connectivity index (χ2n) is 5.67. The number of amides is 2. The normalized spacial score (nSPS) is 10.9. The molecule has 152 valence electrons. The fourth-order valence-electron chi connectivity index (χ4n) is 2.30. The molecule has 0 spiro atoms. The molecule has 0 radical (unpaired) electrons. The molecule has 10 heteroatoms. The largest absolute Gasteiger partial charge is 0.492 e. The standard InChI is InChI=1S/C18H22BrN3O5S/c1-4-26-16-11-15(22-28(3,24)25)17(27-5-2)10-14(16)21-18(23)20-13-8-6-12(19)7-9-13/h6-11,22H,4-5H2,1-3H3,(H2,20,21,23). The van der Waals surface area contributed by atoms with Gasteiger partial charge in [0.2, 0.25) is 10.0 Å². The summed E-state index contributed by atoms with van der Waals surface area (Å²) in [4.78, 5) is 12.4. The van der Waals surface area contributed by atoms with Gasteiger partial charge in [-0.15, -0.1) is 0 Å². The van der Waals surface area contributed by atoms with E-state index in [0.717, 1.165) is 10.7 Å². The highest BCUT2D eigenvalue weighted by Crippen LogP contribution is 2.37.